The van der Waals surface area contributed by atoms with E-state index in [1.54, 1.807) is 5.57 Å². The lowest BCUT2D eigenvalue weighted by molar-refractivity contribution is -0.0802. The van der Waals surface area contributed by atoms with Crippen molar-refractivity contribution in [3.05, 3.63) is 11.6 Å². The van der Waals surface area contributed by atoms with Gasteiger partial charge in [0.2, 0.25) is 0 Å². The topological polar surface area (TPSA) is 72.3 Å². The van der Waals surface area contributed by atoms with Crippen molar-refractivity contribution in [2.75, 3.05) is 6.61 Å². The molecule has 136 valence electrons. The maximum absolute atomic E-state index is 10.4. The van der Waals surface area contributed by atoms with Gasteiger partial charge in [-0.1, -0.05) is 18.6 Å². The first-order valence-electron chi connectivity index (χ1n) is 10.2. The lowest BCUT2D eigenvalue weighted by Crippen LogP contribution is -2.54. The molecule has 0 saturated heterocycles. The number of fused-ring (bicyclic) bond motifs is 5. The van der Waals surface area contributed by atoms with E-state index in [1.807, 2.05) is 0 Å². The van der Waals surface area contributed by atoms with Gasteiger partial charge < -0.3 is 16.6 Å². The van der Waals surface area contributed by atoms with Crippen LogP contribution in [0.5, 0.6) is 0 Å². The van der Waals surface area contributed by atoms with Crippen molar-refractivity contribution in [2.24, 2.45) is 46.0 Å². The molecule has 0 aliphatic heterocycles. The van der Waals surface area contributed by atoms with Crippen LogP contribution in [0.2, 0.25) is 0 Å². The highest BCUT2D eigenvalue weighted by molar-refractivity contribution is 5.26. The van der Waals surface area contributed by atoms with Gasteiger partial charge in [-0.25, -0.2) is 0 Å². The fourth-order valence-electron chi connectivity index (χ4n) is 7.64. The van der Waals surface area contributed by atoms with E-state index in [-0.39, 0.29) is 11.5 Å². The molecule has 4 aliphatic rings. The molecular formula is C21H36N2O. The molecule has 8 unspecified atom stereocenters. The second kappa shape index (κ2) is 5.82. The Hall–Kier alpha value is -0.380. The zero-order valence-electron chi connectivity index (χ0n) is 15.5. The van der Waals surface area contributed by atoms with E-state index in [0.29, 0.717) is 29.9 Å². The Bertz CT molecular complexity index is 530. The molecule has 4 aliphatic carbocycles. The van der Waals surface area contributed by atoms with Gasteiger partial charge in [0.1, 0.15) is 0 Å². The quantitative estimate of drug-likeness (QED) is 0.680. The van der Waals surface area contributed by atoms with Crippen LogP contribution in [0.25, 0.3) is 0 Å². The summed E-state index contributed by atoms with van der Waals surface area (Å²) >= 11 is 0. The third-order valence-electron chi connectivity index (χ3n) is 8.85. The van der Waals surface area contributed by atoms with Crippen LogP contribution in [0.15, 0.2) is 11.6 Å². The molecule has 5 N–H and O–H groups in total. The van der Waals surface area contributed by atoms with Gasteiger partial charge in [0.15, 0.2) is 0 Å². The Labute approximate surface area is 147 Å². The van der Waals surface area contributed by atoms with Crippen LogP contribution in [-0.4, -0.2) is 23.8 Å². The molecule has 0 bridgehead atoms. The number of aliphatic hydroxyl groups excluding tert-OH is 1. The Kier molecular flexibility index (Phi) is 4.14. The molecule has 8 atom stereocenters. The van der Waals surface area contributed by atoms with Gasteiger partial charge in [-0.05, 0) is 87.4 Å². The summed E-state index contributed by atoms with van der Waals surface area (Å²) in [5, 5.41) is 10.4. The summed E-state index contributed by atoms with van der Waals surface area (Å²) in [6.45, 7) is 5.01. The number of hydrogen-bond acceptors (Lipinski definition) is 3. The van der Waals surface area contributed by atoms with E-state index in [1.165, 1.54) is 44.9 Å². The highest BCUT2D eigenvalue weighted by Crippen LogP contribution is 2.66. The van der Waals surface area contributed by atoms with Gasteiger partial charge in [0, 0.05) is 24.1 Å². The predicted octanol–water partition coefficient (Wildman–Crippen LogP) is 3.21. The van der Waals surface area contributed by atoms with Crippen LogP contribution < -0.4 is 11.5 Å². The molecule has 0 spiro atoms. The van der Waals surface area contributed by atoms with Gasteiger partial charge >= 0.3 is 0 Å². The standard InChI is InChI=1S/C21H36N2O/c1-13(22)17-5-6-19-16-4-3-14-11-15(23)7-9-20(14,2)18(16)8-10-21(17,19)12-24/h3,13,15-19,24H,4-12,22-23H2,1-2H3. The van der Waals surface area contributed by atoms with E-state index in [2.05, 4.69) is 19.9 Å². The first-order valence-corrected chi connectivity index (χ1v) is 10.2. The molecule has 3 fully saturated rings. The average molecular weight is 333 g/mol. The summed E-state index contributed by atoms with van der Waals surface area (Å²) in [6, 6.07) is 0.576. The second-order valence-electron chi connectivity index (χ2n) is 9.74. The Balaban J connectivity index is 1.67. The van der Waals surface area contributed by atoms with Gasteiger partial charge in [0.25, 0.3) is 0 Å². The fraction of sp³-hybridized carbons (Fsp3) is 0.905. The molecular weight excluding hydrogens is 296 g/mol. The highest BCUT2D eigenvalue weighted by atomic mass is 16.3. The summed E-state index contributed by atoms with van der Waals surface area (Å²) in [7, 11) is 0. The lowest BCUT2D eigenvalue weighted by atomic mass is 9.47. The molecule has 0 aromatic carbocycles. The van der Waals surface area contributed by atoms with Crippen molar-refractivity contribution >= 4 is 0 Å². The third-order valence-corrected chi connectivity index (χ3v) is 8.85. The molecule has 4 rings (SSSR count). The fourth-order valence-corrected chi connectivity index (χ4v) is 7.64. The van der Waals surface area contributed by atoms with Crippen LogP contribution in [0.4, 0.5) is 0 Å². The van der Waals surface area contributed by atoms with Gasteiger partial charge in [0.05, 0.1) is 0 Å². The molecule has 3 heteroatoms. The van der Waals surface area contributed by atoms with E-state index >= 15 is 0 Å². The number of allylic oxidation sites excluding steroid dienone is 1. The largest absolute Gasteiger partial charge is 0.396 e. The SMILES string of the molecule is CC(N)C1CCC2C3CC=C4CC(N)CCC4(C)C3CCC12CO. The maximum Gasteiger partial charge on any atom is 0.0493 e. The first kappa shape index (κ1) is 17.1. The van der Waals surface area contributed by atoms with Gasteiger partial charge in [-0.3, -0.25) is 0 Å². The number of nitrogens with two attached hydrogens (primary N) is 2. The molecule has 24 heavy (non-hydrogen) atoms. The number of aliphatic hydroxyl groups is 1. The third kappa shape index (κ3) is 2.20. The highest BCUT2D eigenvalue weighted by Gasteiger charge is 2.60. The zero-order chi connectivity index (χ0) is 17.1. The molecule has 0 aromatic heterocycles. The summed E-state index contributed by atoms with van der Waals surface area (Å²) in [5.74, 6) is 2.72. The number of rotatable bonds is 2. The molecule has 0 radical (unpaired) electrons. The summed E-state index contributed by atoms with van der Waals surface area (Å²) < 4.78 is 0. The summed E-state index contributed by atoms with van der Waals surface area (Å²) in [5.41, 5.74) is 14.7. The average Bonchev–Trinajstić information content (AvgIpc) is 2.95. The second-order valence-corrected chi connectivity index (χ2v) is 9.74. The van der Waals surface area contributed by atoms with Crippen LogP contribution >= 0.6 is 0 Å². The maximum atomic E-state index is 10.4. The monoisotopic (exact) mass is 332 g/mol. The molecule has 0 heterocycles. The summed E-state index contributed by atoms with van der Waals surface area (Å²) in [6.07, 6.45) is 12.2. The van der Waals surface area contributed by atoms with Crippen molar-refractivity contribution in [3.8, 4) is 0 Å². The van der Waals surface area contributed by atoms with E-state index in [0.717, 1.165) is 18.3 Å². The first-order chi connectivity index (χ1) is 11.4. The van der Waals surface area contributed by atoms with Crippen molar-refractivity contribution in [3.63, 3.8) is 0 Å². The molecule has 0 aromatic rings. The van der Waals surface area contributed by atoms with Gasteiger partial charge in [-0.2, -0.15) is 0 Å². The van der Waals surface area contributed by atoms with Gasteiger partial charge in [-0.15, -0.1) is 0 Å². The molecule has 0 amide bonds. The minimum atomic E-state index is 0.0993. The van der Waals surface area contributed by atoms with E-state index in [4.69, 9.17) is 11.5 Å². The Morgan fingerprint density at radius 2 is 2.00 bits per heavy atom. The molecule has 3 saturated carbocycles. The Morgan fingerprint density at radius 1 is 1.21 bits per heavy atom. The smallest absolute Gasteiger partial charge is 0.0493 e. The van der Waals surface area contributed by atoms with Crippen molar-refractivity contribution in [1.82, 2.24) is 0 Å². The minimum absolute atomic E-state index is 0.0993. The van der Waals surface area contributed by atoms with E-state index in [9.17, 15) is 5.11 Å². The van der Waals surface area contributed by atoms with Crippen molar-refractivity contribution < 1.29 is 5.11 Å². The summed E-state index contributed by atoms with van der Waals surface area (Å²) in [4.78, 5) is 0. The minimum Gasteiger partial charge on any atom is -0.396 e. The lowest BCUT2D eigenvalue weighted by Gasteiger charge is -2.58. The number of hydrogen-bond donors (Lipinski definition) is 3. The van der Waals surface area contributed by atoms with Crippen LogP contribution in [0.3, 0.4) is 0 Å². The predicted molar refractivity (Wildman–Crippen MR) is 98.2 cm³/mol. The zero-order valence-corrected chi connectivity index (χ0v) is 15.5. The van der Waals surface area contributed by atoms with Crippen LogP contribution in [-0.2, 0) is 0 Å². The normalized spacial score (nSPS) is 52.0. The van der Waals surface area contributed by atoms with Crippen LogP contribution in [0.1, 0.15) is 65.2 Å². The van der Waals surface area contributed by atoms with Crippen molar-refractivity contribution in [1.29, 1.82) is 0 Å². The van der Waals surface area contributed by atoms with Crippen molar-refractivity contribution in [2.45, 2.75) is 77.3 Å². The molecule has 3 nitrogen and oxygen atoms in total. The Morgan fingerprint density at radius 3 is 2.71 bits per heavy atom. The van der Waals surface area contributed by atoms with E-state index < -0.39 is 0 Å². The van der Waals surface area contributed by atoms with Crippen LogP contribution in [0, 0.1) is 34.5 Å².